The first-order chi connectivity index (χ1) is 13.2. The van der Waals surface area contributed by atoms with E-state index >= 15 is 0 Å². The van der Waals surface area contributed by atoms with Crippen LogP contribution in [0.2, 0.25) is 0 Å². The molecule has 7 nitrogen and oxygen atoms in total. The lowest BCUT2D eigenvalue weighted by Crippen LogP contribution is -2.30. The van der Waals surface area contributed by atoms with E-state index in [1.54, 1.807) is 18.6 Å². The number of fused-ring (bicyclic) bond motifs is 1. The normalized spacial score (nSPS) is 27.0. The Balaban J connectivity index is 1.45. The fourth-order valence-electron chi connectivity index (χ4n) is 3.91. The Morgan fingerprint density at radius 2 is 1.81 bits per heavy atom. The minimum atomic E-state index is -0.566. The van der Waals surface area contributed by atoms with E-state index in [1.807, 2.05) is 42.0 Å². The van der Waals surface area contributed by atoms with Gasteiger partial charge in [-0.3, -0.25) is 0 Å². The smallest absolute Gasteiger partial charge is 0.159 e. The molecule has 0 saturated carbocycles. The largest absolute Gasteiger partial charge is 0.388 e. The summed E-state index contributed by atoms with van der Waals surface area (Å²) < 4.78 is 13.5. The Bertz CT molecular complexity index is 956. The predicted molar refractivity (Wildman–Crippen MR) is 97.9 cm³/mol. The van der Waals surface area contributed by atoms with Gasteiger partial charge in [0.1, 0.15) is 24.1 Å². The van der Waals surface area contributed by atoms with Crippen molar-refractivity contribution >= 4 is 0 Å². The molecule has 0 amide bonds. The number of rotatable bonds is 3. The van der Waals surface area contributed by atoms with Crippen molar-refractivity contribution in [1.29, 1.82) is 0 Å². The zero-order valence-electron chi connectivity index (χ0n) is 14.9. The second-order valence-electron chi connectivity index (χ2n) is 7.00. The summed E-state index contributed by atoms with van der Waals surface area (Å²) in [7, 11) is 0. The maximum Gasteiger partial charge on any atom is 0.159 e. The summed E-state index contributed by atoms with van der Waals surface area (Å²) in [6.07, 6.45) is 6.25. The molecule has 0 radical (unpaired) electrons. The molecular weight excluding hydrogens is 344 g/mol. The van der Waals surface area contributed by atoms with Crippen LogP contribution in [0.5, 0.6) is 0 Å². The Kier molecular flexibility index (Phi) is 4.00. The summed E-state index contributed by atoms with van der Waals surface area (Å²) in [6.45, 7) is 2.84. The van der Waals surface area contributed by atoms with Gasteiger partial charge >= 0.3 is 0 Å². The molecule has 4 atom stereocenters. The van der Waals surface area contributed by atoms with E-state index in [1.165, 1.54) is 0 Å². The van der Waals surface area contributed by atoms with Crippen LogP contribution >= 0.6 is 0 Å². The molecule has 2 aliphatic heterocycles. The van der Waals surface area contributed by atoms with Crippen LogP contribution in [0.3, 0.4) is 0 Å². The van der Waals surface area contributed by atoms with E-state index in [0.29, 0.717) is 19.0 Å². The lowest BCUT2D eigenvalue weighted by atomic mass is 10.1. The second kappa shape index (κ2) is 6.53. The molecule has 0 bridgehead atoms. The third kappa shape index (κ3) is 2.75. The van der Waals surface area contributed by atoms with Gasteiger partial charge in [0.05, 0.1) is 24.8 Å². The van der Waals surface area contributed by atoms with Crippen molar-refractivity contribution in [2.75, 3.05) is 13.2 Å². The molecule has 2 saturated heterocycles. The van der Waals surface area contributed by atoms with Gasteiger partial charge in [-0.2, -0.15) is 0 Å². The van der Waals surface area contributed by atoms with Crippen LogP contribution in [0.15, 0.2) is 49.1 Å². The van der Waals surface area contributed by atoms with E-state index in [2.05, 4.69) is 15.0 Å². The summed E-state index contributed by atoms with van der Waals surface area (Å²) >= 11 is 0. The summed E-state index contributed by atoms with van der Waals surface area (Å²) in [5.74, 6) is 1.46. The molecule has 2 aromatic heterocycles. The van der Waals surface area contributed by atoms with Crippen molar-refractivity contribution in [3.8, 4) is 22.8 Å². The van der Waals surface area contributed by atoms with Gasteiger partial charge in [0.2, 0.25) is 0 Å². The van der Waals surface area contributed by atoms with Gasteiger partial charge in [0, 0.05) is 30.4 Å². The number of aliphatic hydroxyl groups excluding tert-OH is 1. The molecule has 3 aromatic rings. The lowest BCUT2D eigenvalue weighted by Gasteiger charge is -2.19. The number of aryl methyl sites for hydroxylation is 1. The number of hydrogen-bond acceptors (Lipinski definition) is 6. The highest BCUT2D eigenvalue weighted by atomic mass is 16.6. The summed E-state index contributed by atoms with van der Waals surface area (Å²) in [6, 6.07) is 8.03. The van der Waals surface area contributed by atoms with Crippen LogP contribution in [-0.2, 0) is 9.47 Å². The molecule has 0 spiro atoms. The number of imidazole rings is 1. The molecule has 2 aliphatic rings. The van der Waals surface area contributed by atoms with Gasteiger partial charge < -0.3 is 19.1 Å². The average molecular weight is 364 g/mol. The number of aromatic nitrogens is 4. The third-order valence-electron chi connectivity index (χ3n) is 5.32. The summed E-state index contributed by atoms with van der Waals surface area (Å²) in [5, 5.41) is 9.97. The molecule has 0 aliphatic carbocycles. The van der Waals surface area contributed by atoms with Gasteiger partial charge in [-0.15, -0.1) is 0 Å². The quantitative estimate of drug-likeness (QED) is 0.766. The topological polar surface area (TPSA) is 82.3 Å². The van der Waals surface area contributed by atoms with Crippen molar-refractivity contribution in [2.45, 2.75) is 31.3 Å². The SMILES string of the molecule is Cc1ccccc1-c1ncc(-c2nccn2[C@@H]2CO[C@H]3[C@@H]2OC[C@H]3O)cn1. The van der Waals surface area contributed by atoms with Crippen LogP contribution < -0.4 is 0 Å². The van der Waals surface area contributed by atoms with Crippen molar-refractivity contribution in [3.05, 3.63) is 54.6 Å². The van der Waals surface area contributed by atoms with Gasteiger partial charge in [0.25, 0.3) is 0 Å². The number of ether oxygens (including phenoxy) is 2. The van der Waals surface area contributed by atoms with E-state index < -0.39 is 6.10 Å². The summed E-state index contributed by atoms with van der Waals surface area (Å²) in [5.41, 5.74) is 2.99. The Labute approximate surface area is 156 Å². The number of benzene rings is 1. The first kappa shape index (κ1) is 16.6. The molecule has 2 fully saturated rings. The molecule has 138 valence electrons. The predicted octanol–water partition coefficient (Wildman–Crippen LogP) is 2.02. The number of aliphatic hydroxyl groups is 1. The van der Waals surface area contributed by atoms with Gasteiger partial charge in [-0.25, -0.2) is 15.0 Å². The van der Waals surface area contributed by atoms with Gasteiger partial charge in [-0.05, 0) is 12.5 Å². The third-order valence-corrected chi connectivity index (χ3v) is 5.32. The highest BCUT2D eigenvalue weighted by molar-refractivity contribution is 5.62. The molecule has 5 rings (SSSR count). The zero-order valence-corrected chi connectivity index (χ0v) is 14.9. The lowest BCUT2D eigenvalue weighted by molar-refractivity contribution is 0.0172. The molecule has 0 unspecified atom stereocenters. The Morgan fingerprint density at radius 3 is 2.63 bits per heavy atom. The Hall–Kier alpha value is -2.61. The van der Waals surface area contributed by atoms with E-state index in [4.69, 9.17) is 9.47 Å². The molecule has 4 heterocycles. The maximum absolute atomic E-state index is 9.97. The average Bonchev–Trinajstić information content (AvgIpc) is 3.40. The van der Waals surface area contributed by atoms with E-state index in [0.717, 1.165) is 22.5 Å². The fraction of sp³-hybridized carbons (Fsp3) is 0.350. The van der Waals surface area contributed by atoms with Crippen LogP contribution in [0.4, 0.5) is 0 Å². The van der Waals surface area contributed by atoms with Crippen LogP contribution in [0.25, 0.3) is 22.8 Å². The van der Waals surface area contributed by atoms with Gasteiger partial charge in [-0.1, -0.05) is 24.3 Å². The number of nitrogens with zero attached hydrogens (tertiary/aromatic N) is 4. The first-order valence-corrected chi connectivity index (χ1v) is 9.05. The van der Waals surface area contributed by atoms with E-state index in [-0.39, 0.29) is 18.2 Å². The Morgan fingerprint density at radius 1 is 1.04 bits per heavy atom. The van der Waals surface area contributed by atoms with Crippen molar-refractivity contribution in [1.82, 2.24) is 19.5 Å². The second-order valence-corrected chi connectivity index (χ2v) is 7.00. The van der Waals surface area contributed by atoms with Crippen molar-refractivity contribution in [2.24, 2.45) is 0 Å². The fourth-order valence-corrected chi connectivity index (χ4v) is 3.91. The van der Waals surface area contributed by atoms with Crippen LogP contribution in [-0.4, -0.2) is 56.2 Å². The maximum atomic E-state index is 9.97. The standard InChI is InChI=1S/C20H20N4O3/c1-12-4-2-3-5-14(12)19-22-8-13(9-23-19)20-21-6-7-24(20)15-10-26-18-16(25)11-27-17(15)18/h2-9,15-18,25H,10-11H2,1H3/t15-,16-,17-,18-/m1/s1. The monoisotopic (exact) mass is 364 g/mol. The number of hydrogen-bond donors (Lipinski definition) is 1. The van der Waals surface area contributed by atoms with Crippen molar-refractivity contribution in [3.63, 3.8) is 0 Å². The van der Waals surface area contributed by atoms with Crippen LogP contribution in [0.1, 0.15) is 11.6 Å². The zero-order chi connectivity index (χ0) is 18.4. The highest BCUT2D eigenvalue weighted by Crippen LogP contribution is 2.36. The molecule has 7 heteroatoms. The van der Waals surface area contributed by atoms with Crippen LogP contribution in [0, 0.1) is 6.92 Å². The van der Waals surface area contributed by atoms with E-state index in [9.17, 15) is 5.11 Å². The molecule has 1 aromatic carbocycles. The van der Waals surface area contributed by atoms with Crippen molar-refractivity contribution < 1.29 is 14.6 Å². The minimum absolute atomic E-state index is 0.0271. The molecule has 27 heavy (non-hydrogen) atoms. The molecule has 1 N–H and O–H groups in total. The summed E-state index contributed by atoms with van der Waals surface area (Å²) in [4.78, 5) is 13.6. The molecular formula is C20H20N4O3. The van der Waals surface area contributed by atoms with Gasteiger partial charge in [0.15, 0.2) is 5.82 Å². The first-order valence-electron chi connectivity index (χ1n) is 9.05. The highest BCUT2D eigenvalue weighted by Gasteiger charge is 2.48. The minimum Gasteiger partial charge on any atom is -0.388 e.